The number of hydrogen-bond donors (Lipinski definition) is 2. The van der Waals surface area contributed by atoms with E-state index in [0.717, 1.165) is 5.69 Å². The third-order valence-electron chi connectivity index (χ3n) is 5.56. The Kier molecular flexibility index (Phi) is 7.20. The zero-order valence-electron chi connectivity index (χ0n) is 19.8. The van der Waals surface area contributed by atoms with Crippen molar-refractivity contribution in [1.29, 1.82) is 0 Å². The normalized spacial score (nSPS) is 10.4. The Morgan fingerprint density at radius 3 is 1.31 bits per heavy atom. The number of halogens is 1. The minimum Gasteiger partial charge on any atom is -0.378 e. The van der Waals surface area contributed by atoms with Crippen LogP contribution in [-0.2, 0) is 0 Å². The first kappa shape index (κ1) is 24.3. The fraction of sp³-hybridized carbons (Fsp3) is 0.0690. The molecule has 180 valence electrons. The highest BCUT2D eigenvalue weighted by molar-refractivity contribution is 6.10. The van der Waals surface area contributed by atoms with E-state index in [2.05, 4.69) is 10.6 Å². The van der Waals surface area contributed by atoms with Crippen molar-refractivity contribution in [3.8, 4) is 0 Å². The predicted octanol–water partition coefficient (Wildman–Crippen LogP) is 5.63. The molecule has 0 aliphatic heterocycles. The quantitative estimate of drug-likeness (QED) is 0.336. The molecule has 0 saturated heterocycles. The molecular formula is C29H24FN3O3. The first-order valence-electron chi connectivity index (χ1n) is 11.2. The lowest BCUT2D eigenvalue weighted by Gasteiger charge is -2.12. The van der Waals surface area contributed by atoms with Gasteiger partial charge in [0.15, 0.2) is 5.78 Å². The number of nitrogens with zero attached hydrogens (tertiary/aromatic N) is 1. The summed E-state index contributed by atoms with van der Waals surface area (Å²) >= 11 is 0. The molecule has 36 heavy (non-hydrogen) atoms. The van der Waals surface area contributed by atoms with Crippen LogP contribution in [0.3, 0.4) is 0 Å². The van der Waals surface area contributed by atoms with E-state index in [1.807, 2.05) is 31.1 Å². The number of carbonyl (C=O) groups is 3. The van der Waals surface area contributed by atoms with Crippen LogP contribution in [-0.4, -0.2) is 31.7 Å². The Morgan fingerprint density at radius 1 is 0.556 bits per heavy atom. The van der Waals surface area contributed by atoms with Gasteiger partial charge in [-0.2, -0.15) is 0 Å². The zero-order valence-corrected chi connectivity index (χ0v) is 19.8. The summed E-state index contributed by atoms with van der Waals surface area (Å²) < 4.78 is 13.0. The number of amides is 2. The molecule has 0 heterocycles. The van der Waals surface area contributed by atoms with Gasteiger partial charge in [-0.05, 0) is 97.1 Å². The smallest absolute Gasteiger partial charge is 0.255 e. The van der Waals surface area contributed by atoms with Crippen LogP contribution >= 0.6 is 0 Å². The highest BCUT2D eigenvalue weighted by Crippen LogP contribution is 2.18. The molecule has 0 fully saturated rings. The summed E-state index contributed by atoms with van der Waals surface area (Å²) in [5, 5.41) is 5.55. The lowest BCUT2D eigenvalue weighted by atomic mass is 10.0. The third-order valence-corrected chi connectivity index (χ3v) is 5.56. The molecule has 2 amide bonds. The maximum atomic E-state index is 13.0. The van der Waals surface area contributed by atoms with Gasteiger partial charge in [-0.1, -0.05) is 0 Å². The topological polar surface area (TPSA) is 78.5 Å². The fourth-order valence-electron chi connectivity index (χ4n) is 3.50. The van der Waals surface area contributed by atoms with Crippen LogP contribution in [0.5, 0.6) is 0 Å². The fourth-order valence-corrected chi connectivity index (χ4v) is 3.50. The highest BCUT2D eigenvalue weighted by Gasteiger charge is 2.12. The second-order valence-electron chi connectivity index (χ2n) is 8.34. The van der Waals surface area contributed by atoms with E-state index in [0.29, 0.717) is 33.6 Å². The summed E-state index contributed by atoms with van der Waals surface area (Å²) in [6.07, 6.45) is 0. The van der Waals surface area contributed by atoms with Crippen LogP contribution < -0.4 is 15.5 Å². The third kappa shape index (κ3) is 5.82. The van der Waals surface area contributed by atoms with Gasteiger partial charge < -0.3 is 15.5 Å². The monoisotopic (exact) mass is 481 g/mol. The first-order chi connectivity index (χ1) is 17.3. The van der Waals surface area contributed by atoms with Gasteiger partial charge in [0.05, 0.1) is 0 Å². The molecule has 7 heteroatoms. The van der Waals surface area contributed by atoms with Crippen LogP contribution in [0.25, 0.3) is 0 Å². The maximum Gasteiger partial charge on any atom is 0.255 e. The molecule has 0 radical (unpaired) electrons. The van der Waals surface area contributed by atoms with Gasteiger partial charge >= 0.3 is 0 Å². The average Bonchev–Trinajstić information content (AvgIpc) is 2.89. The molecule has 4 aromatic carbocycles. The van der Waals surface area contributed by atoms with Gasteiger partial charge in [-0.3, -0.25) is 14.4 Å². The van der Waals surface area contributed by atoms with E-state index in [1.165, 1.54) is 24.3 Å². The van der Waals surface area contributed by atoms with Crippen LogP contribution in [0, 0.1) is 5.82 Å². The Balaban J connectivity index is 1.37. The summed E-state index contributed by atoms with van der Waals surface area (Å²) in [4.78, 5) is 39.6. The van der Waals surface area contributed by atoms with Crippen molar-refractivity contribution in [2.75, 3.05) is 29.6 Å². The van der Waals surface area contributed by atoms with Crippen LogP contribution in [0.1, 0.15) is 36.6 Å². The van der Waals surface area contributed by atoms with Crippen LogP contribution in [0.15, 0.2) is 97.1 Å². The second kappa shape index (κ2) is 10.7. The van der Waals surface area contributed by atoms with Crippen molar-refractivity contribution in [2.45, 2.75) is 0 Å². The van der Waals surface area contributed by atoms with E-state index in [1.54, 1.807) is 60.7 Å². The SMILES string of the molecule is CN(C)c1ccc(C(=O)Nc2ccc(C(=O)c3ccc(NC(=O)c4ccc(F)cc4)cc3)cc2)cc1. The molecule has 0 saturated carbocycles. The van der Waals surface area contributed by atoms with Crippen molar-refractivity contribution >= 4 is 34.7 Å². The van der Waals surface area contributed by atoms with Gasteiger partial charge in [0.2, 0.25) is 0 Å². The van der Waals surface area contributed by atoms with Gasteiger partial charge in [0.1, 0.15) is 5.82 Å². The summed E-state index contributed by atoms with van der Waals surface area (Å²) in [5.41, 5.74) is 3.86. The van der Waals surface area contributed by atoms with E-state index >= 15 is 0 Å². The summed E-state index contributed by atoms with van der Waals surface area (Å²) in [5.74, 6) is -1.22. The Morgan fingerprint density at radius 2 is 0.917 bits per heavy atom. The van der Waals surface area contributed by atoms with Crippen molar-refractivity contribution < 1.29 is 18.8 Å². The van der Waals surface area contributed by atoms with Gasteiger partial charge in [0, 0.05) is 53.4 Å². The molecule has 0 spiro atoms. The van der Waals surface area contributed by atoms with E-state index in [4.69, 9.17) is 0 Å². The predicted molar refractivity (Wildman–Crippen MR) is 139 cm³/mol. The van der Waals surface area contributed by atoms with Gasteiger partial charge in [-0.25, -0.2) is 4.39 Å². The van der Waals surface area contributed by atoms with Crippen molar-refractivity contribution in [3.05, 3.63) is 125 Å². The van der Waals surface area contributed by atoms with Crippen molar-refractivity contribution in [2.24, 2.45) is 0 Å². The molecule has 2 N–H and O–H groups in total. The number of benzene rings is 4. The molecule has 0 aliphatic carbocycles. The molecule has 0 bridgehead atoms. The van der Waals surface area contributed by atoms with E-state index in [-0.39, 0.29) is 17.6 Å². The van der Waals surface area contributed by atoms with Crippen LogP contribution in [0.2, 0.25) is 0 Å². The summed E-state index contributed by atoms with van der Waals surface area (Å²) in [6.45, 7) is 0. The lowest BCUT2D eigenvalue weighted by molar-refractivity contribution is 0.101. The largest absolute Gasteiger partial charge is 0.378 e. The number of hydrogen-bond acceptors (Lipinski definition) is 4. The zero-order chi connectivity index (χ0) is 25.7. The van der Waals surface area contributed by atoms with Crippen LogP contribution in [0.4, 0.5) is 21.5 Å². The van der Waals surface area contributed by atoms with E-state index in [9.17, 15) is 18.8 Å². The lowest BCUT2D eigenvalue weighted by Crippen LogP contribution is -2.13. The Bertz CT molecular complexity index is 1380. The number of rotatable bonds is 7. The Hall–Kier alpha value is -4.78. The number of carbonyl (C=O) groups excluding carboxylic acids is 3. The molecular weight excluding hydrogens is 457 g/mol. The molecule has 4 aromatic rings. The Labute approximate surface area is 208 Å². The summed E-state index contributed by atoms with van der Waals surface area (Å²) in [6, 6.07) is 25.6. The number of anilines is 3. The van der Waals surface area contributed by atoms with Gasteiger partial charge in [0.25, 0.3) is 11.8 Å². The standard InChI is InChI=1S/C29H24FN3O3/c1-33(2)26-17-9-22(10-18-26)29(36)32-25-15-7-20(8-16-25)27(34)19-5-13-24(14-6-19)31-28(35)21-3-11-23(30)12-4-21/h3-18H,1-2H3,(H,31,35)(H,32,36). The summed E-state index contributed by atoms with van der Waals surface area (Å²) in [7, 11) is 3.86. The maximum absolute atomic E-state index is 13.0. The molecule has 0 unspecified atom stereocenters. The van der Waals surface area contributed by atoms with Crippen molar-refractivity contribution in [3.63, 3.8) is 0 Å². The number of nitrogens with one attached hydrogen (secondary N) is 2. The van der Waals surface area contributed by atoms with Crippen molar-refractivity contribution in [1.82, 2.24) is 0 Å². The molecule has 4 rings (SSSR count). The number of ketones is 1. The van der Waals surface area contributed by atoms with E-state index < -0.39 is 5.82 Å². The average molecular weight is 482 g/mol. The highest BCUT2D eigenvalue weighted by atomic mass is 19.1. The molecule has 0 aromatic heterocycles. The molecule has 6 nitrogen and oxygen atoms in total. The minimum absolute atomic E-state index is 0.191. The first-order valence-corrected chi connectivity index (χ1v) is 11.2. The molecule has 0 aliphatic rings. The second-order valence-corrected chi connectivity index (χ2v) is 8.34. The molecule has 0 atom stereocenters. The minimum atomic E-state index is -0.417. The van der Waals surface area contributed by atoms with Gasteiger partial charge in [-0.15, -0.1) is 0 Å².